The molecule has 0 amide bonds. The largest absolute Gasteiger partial charge is 0.496 e. The van der Waals surface area contributed by atoms with Crippen LogP contribution in [0, 0.1) is 5.41 Å². The van der Waals surface area contributed by atoms with Gasteiger partial charge in [0.05, 0.1) is 34.5 Å². The second-order valence-corrected chi connectivity index (χ2v) is 5.43. The molecule has 1 aromatic carbocycles. The van der Waals surface area contributed by atoms with Crippen LogP contribution in [0.1, 0.15) is 12.5 Å². The highest BCUT2D eigenvalue weighted by molar-refractivity contribution is 5.50. The lowest BCUT2D eigenvalue weighted by molar-refractivity contribution is -0.0991. The van der Waals surface area contributed by atoms with Crippen LogP contribution in [0.25, 0.3) is 0 Å². The fraction of sp³-hybridized carbons (Fsp3) is 0.600. The van der Waals surface area contributed by atoms with E-state index < -0.39 is 0 Å². The van der Waals surface area contributed by atoms with E-state index in [2.05, 4.69) is 12.2 Å². The number of rotatable bonds is 7. The molecular formula is C15H23NO4. The Kier molecular flexibility index (Phi) is 4.73. The smallest absolute Gasteiger partial charge is 0.164 e. The first-order valence-corrected chi connectivity index (χ1v) is 6.69. The summed E-state index contributed by atoms with van der Waals surface area (Å²) in [5.41, 5.74) is 1.30. The van der Waals surface area contributed by atoms with E-state index in [4.69, 9.17) is 18.9 Å². The maximum absolute atomic E-state index is 5.41. The van der Waals surface area contributed by atoms with Crippen molar-refractivity contribution in [1.82, 2.24) is 5.32 Å². The van der Waals surface area contributed by atoms with E-state index >= 15 is 0 Å². The van der Waals surface area contributed by atoms with Crippen LogP contribution in [0.2, 0.25) is 0 Å². The van der Waals surface area contributed by atoms with E-state index in [1.165, 1.54) is 0 Å². The van der Waals surface area contributed by atoms with Crippen LogP contribution >= 0.6 is 0 Å². The van der Waals surface area contributed by atoms with Crippen molar-refractivity contribution in [3.8, 4) is 17.2 Å². The lowest BCUT2D eigenvalue weighted by Crippen LogP contribution is -2.47. The van der Waals surface area contributed by atoms with Crippen LogP contribution in [0.5, 0.6) is 17.2 Å². The number of benzene rings is 1. The Bertz CT molecular complexity index is 457. The van der Waals surface area contributed by atoms with Gasteiger partial charge in [0.1, 0.15) is 5.75 Å². The van der Waals surface area contributed by atoms with Gasteiger partial charge < -0.3 is 24.3 Å². The van der Waals surface area contributed by atoms with Crippen molar-refractivity contribution in [3.05, 3.63) is 17.7 Å². The summed E-state index contributed by atoms with van der Waals surface area (Å²) < 4.78 is 21.3. The average molecular weight is 281 g/mol. The molecular weight excluding hydrogens is 258 g/mol. The number of nitrogens with one attached hydrogen (secondary N) is 1. The fourth-order valence-electron chi connectivity index (χ4n) is 2.28. The van der Waals surface area contributed by atoms with E-state index in [9.17, 15) is 0 Å². The Morgan fingerprint density at radius 1 is 1.05 bits per heavy atom. The van der Waals surface area contributed by atoms with Crippen molar-refractivity contribution in [2.75, 3.05) is 41.1 Å². The molecule has 5 nitrogen and oxygen atoms in total. The molecule has 0 atom stereocenters. The van der Waals surface area contributed by atoms with Crippen molar-refractivity contribution in [3.63, 3.8) is 0 Å². The Hall–Kier alpha value is -1.46. The van der Waals surface area contributed by atoms with Gasteiger partial charge in [-0.1, -0.05) is 6.92 Å². The third-order valence-corrected chi connectivity index (χ3v) is 3.55. The predicted octanol–water partition coefficient (Wildman–Crippen LogP) is 1.84. The molecule has 0 spiro atoms. The first-order chi connectivity index (χ1) is 9.61. The minimum atomic E-state index is 0.254. The second-order valence-electron chi connectivity index (χ2n) is 5.43. The van der Waals surface area contributed by atoms with Crippen LogP contribution in [0.3, 0.4) is 0 Å². The van der Waals surface area contributed by atoms with Gasteiger partial charge in [0.15, 0.2) is 11.5 Å². The van der Waals surface area contributed by atoms with E-state index in [1.54, 1.807) is 21.3 Å². The third-order valence-electron chi connectivity index (χ3n) is 3.55. The maximum atomic E-state index is 5.41. The zero-order chi connectivity index (χ0) is 14.6. The predicted molar refractivity (Wildman–Crippen MR) is 76.7 cm³/mol. The molecule has 0 aliphatic carbocycles. The Balaban J connectivity index is 2.05. The molecule has 0 unspecified atom stereocenters. The van der Waals surface area contributed by atoms with Gasteiger partial charge in [0, 0.05) is 30.1 Å². The highest BCUT2D eigenvalue weighted by Gasteiger charge is 2.32. The van der Waals surface area contributed by atoms with Crippen molar-refractivity contribution >= 4 is 0 Å². The molecule has 5 heteroatoms. The molecule has 1 fully saturated rings. The van der Waals surface area contributed by atoms with Gasteiger partial charge in [-0.15, -0.1) is 0 Å². The monoisotopic (exact) mass is 281 g/mol. The first-order valence-electron chi connectivity index (χ1n) is 6.69. The van der Waals surface area contributed by atoms with Gasteiger partial charge in [-0.3, -0.25) is 0 Å². The zero-order valence-corrected chi connectivity index (χ0v) is 12.6. The van der Waals surface area contributed by atoms with Crippen LogP contribution in [-0.4, -0.2) is 41.1 Å². The summed E-state index contributed by atoms with van der Waals surface area (Å²) in [5, 5.41) is 3.45. The molecule has 1 N–H and O–H groups in total. The molecule has 0 bridgehead atoms. The minimum absolute atomic E-state index is 0.254. The number of hydrogen-bond donors (Lipinski definition) is 1. The van der Waals surface area contributed by atoms with Crippen molar-refractivity contribution in [2.24, 2.45) is 5.41 Å². The highest BCUT2D eigenvalue weighted by atomic mass is 16.5. The van der Waals surface area contributed by atoms with Gasteiger partial charge >= 0.3 is 0 Å². The molecule has 1 aliphatic rings. The minimum Gasteiger partial charge on any atom is -0.496 e. The van der Waals surface area contributed by atoms with Gasteiger partial charge in [0.2, 0.25) is 0 Å². The summed E-state index contributed by atoms with van der Waals surface area (Å²) in [4.78, 5) is 0. The third kappa shape index (κ3) is 3.16. The molecule has 1 aromatic rings. The van der Waals surface area contributed by atoms with Crippen LogP contribution in [-0.2, 0) is 11.3 Å². The molecule has 0 aromatic heterocycles. The number of methoxy groups -OCH3 is 3. The van der Waals surface area contributed by atoms with E-state index in [0.29, 0.717) is 11.5 Å². The average Bonchev–Trinajstić information content (AvgIpc) is 2.44. The normalized spacial score (nSPS) is 16.4. The standard InChI is InChI=1S/C15H23NO4/c1-15(9-20-10-15)8-16-7-11-5-13(18-3)14(19-4)6-12(11)17-2/h5-6,16H,7-10H2,1-4H3. The van der Waals surface area contributed by atoms with Gasteiger partial charge in [0.25, 0.3) is 0 Å². The van der Waals surface area contributed by atoms with Crippen LogP contribution < -0.4 is 19.5 Å². The second kappa shape index (κ2) is 6.33. The quantitative estimate of drug-likeness (QED) is 0.826. The Morgan fingerprint density at radius 2 is 1.65 bits per heavy atom. The molecule has 1 aliphatic heterocycles. The van der Waals surface area contributed by atoms with E-state index in [-0.39, 0.29) is 5.41 Å². The molecule has 1 saturated heterocycles. The van der Waals surface area contributed by atoms with Crippen molar-refractivity contribution in [1.29, 1.82) is 0 Å². The maximum Gasteiger partial charge on any atom is 0.164 e. The molecule has 112 valence electrons. The summed E-state index contributed by atoms with van der Waals surface area (Å²) in [6.07, 6.45) is 0. The van der Waals surface area contributed by atoms with Gasteiger partial charge in [-0.25, -0.2) is 0 Å². The number of ether oxygens (including phenoxy) is 4. The lowest BCUT2D eigenvalue weighted by Gasteiger charge is -2.38. The van der Waals surface area contributed by atoms with Gasteiger partial charge in [-0.2, -0.15) is 0 Å². The van der Waals surface area contributed by atoms with Crippen molar-refractivity contribution in [2.45, 2.75) is 13.5 Å². The SMILES string of the molecule is COc1cc(OC)c(OC)cc1CNCC1(C)COC1. The summed E-state index contributed by atoms with van der Waals surface area (Å²) in [6.45, 7) is 5.51. The summed E-state index contributed by atoms with van der Waals surface area (Å²) in [5.74, 6) is 2.18. The molecule has 1 heterocycles. The molecule has 0 radical (unpaired) electrons. The van der Waals surface area contributed by atoms with Gasteiger partial charge in [-0.05, 0) is 6.07 Å². The first kappa shape index (κ1) is 14.9. The van der Waals surface area contributed by atoms with Crippen molar-refractivity contribution < 1.29 is 18.9 Å². The molecule has 0 saturated carbocycles. The summed E-state index contributed by atoms with van der Waals surface area (Å²) in [6, 6.07) is 3.80. The van der Waals surface area contributed by atoms with E-state index in [1.807, 2.05) is 12.1 Å². The molecule has 20 heavy (non-hydrogen) atoms. The number of hydrogen-bond acceptors (Lipinski definition) is 5. The topological polar surface area (TPSA) is 49.0 Å². The molecule has 2 rings (SSSR count). The summed E-state index contributed by atoms with van der Waals surface area (Å²) >= 11 is 0. The Labute approximate surface area is 120 Å². The summed E-state index contributed by atoms with van der Waals surface area (Å²) in [7, 11) is 4.91. The van der Waals surface area contributed by atoms with E-state index in [0.717, 1.165) is 37.6 Å². The zero-order valence-electron chi connectivity index (χ0n) is 12.6. The van der Waals surface area contributed by atoms with Crippen LogP contribution in [0.4, 0.5) is 0 Å². The Morgan fingerprint density at radius 3 is 2.15 bits per heavy atom. The highest BCUT2D eigenvalue weighted by Crippen LogP contribution is 2.34. The lowest BCUT2D eigenvalue weighted by atomic mass is 9.89. The fourth-order valence-corrected chi connectivity index (χ4v) is 2.28. The van der Waals surface area contributed by atoms with Crippen LogP contribution in [0.15, 0.2) is 12.1 Å².